The topological polar surface area (TPSA) is 52.7 Å². The van der Waals surface area contributed by atoms with Gasteiger partial charge in [-0.05, 0) is 35.9 Å². The molecule has 0 aliphatic carbocycles. The molecule has 0 bridgehead atoms. The molecule has 0 radical (unpaired) electrons. The van der Waals surface area contributed by atoms with E-state index < -0.39 is 5.92 Å². The van der Waals surface area contributed by atoms with Gasteiger partial charge in [-0.3, -0.25) is 9.59 Å². The molecule has 0 saturated carbocycles. The zero-order valence-electron chi connectivity index (χ0n) is 14.1. The summed E-state index contributed by atoms with van der Waals surface area (Å²) in [5, 5.41) is 2.93. The van der Waals surface area contributed by atoms with Crippen LogP contribution in [0.2, 0.25) is 0 Å². The van der Waals surface area contributed by atoms with Gasteiger partial charge in [-0.15, -0.1) is 0 Å². The van der Waals surface area contributed by atoms with E-state index in [4.69, 9.17) is 0 Å². The lowest BCUT2D eigenvalue weighted by atomic mass is 9.89. The lowest BCUT2D eigenvalue weighted by Crippen LogP contribution is -2.37. The van der Waals surface area contributed by atoms with Gasteiger partial charge in [0.1, 0.15) is 0 Å². The molecular formula is C19H21N3O2. The van der Waals surface area contributed by atoms with Crippen molar-refractivity contribution in [3.63, 3.8) is 0 Å². The number of nitrogens with zero attached hydrogens (tertiary/aromatic N) is 2. The molecule has 1 N–H and O–H groups in total. The summed E-state index contributed by atoms with van der Waals surface area (Å²) in [7, 11) is 5.68. The fourth-order valence-electron chi connectivity index (χ4n) is 2.95. The molecule has 3 rings (SSSR count). The summed E-state index contributed by atoms with van der Waals surface area (Å²) in [6, 6.07) is 15.2. The maximum absolute atomic E-state index is 12.7. The molecule has 1 aliphatic heterocycles. The fourth-order valence-corrected chi connectivity index (χ4v) is 2.95. The molecule has 1 atom stereocenters. The van der Waals surface area contributed by atoms with E-state index in [9.17, 15) is 9.59 Å². The summed E-state index contributed by atoms with van der Waals surface area (Å²) >= 11 is 0. The fraction of sp³-hybridized carbons (Fsp3) is 0.263. The third-order valence-corrected chi connectivity index (χ3v) is 4.39. The number of hydrogen-bond donors (Lipinski definition) is 1. The number of hydrogen-bond acceptors (Lipinski definition) is 3. The molecule has 2 aromatic rings. The number of para-hydroxylation sites is 1. The van der Waals surface area contributed by atoms with Crippen molar-refractivity contribution in [1.82, 2.24) is 0 Å². The Hall–Kier alpha value is -2.82. The summed E-state index contributed by atoms with van der Waals surface area (Å²) < 4.78 is 0. The number of nitrogens with one attached hydrogen (secondary N) is 1. The van der Waals surface area contributed by atoms with Crippen LogP contribution in [0.3, 0.4) is 0 Å². The molecule has 0 fully saturated rings. The molecule has 2 aromatic carbocycles. The van der Waals surface area contributed by atoms with E-state index in [1.807, 2.05) is 67.5 Å². The van der Waals surface area contributed by atoms with Crippen molar-refractivity contribution in [1.29, 1.82) is 0 Å². The molecule has 0 spiro atoms. The van der Waals surface area contributed by atoms with Crippen molar-refractivity contribution < 1.29 is 9.59 Å². The van der Waals surface area contributed by atoms with E-state index in [0.717, 1.165) is 22.6 Å². The van der Waals surface area contributed by atoms with Gasteiger partial charge in [-0.25, -0.2) is 0 Å². The van der Waals surface area contributed by atoms with E-state index in [1.165, 1.54) is 0 Å². The van der Waals surface area contributed by atoms with Gasteiger partial charge >= 0.3 is 0 Å². The first-order valence-electron chi connectivity index (χ1n) is 7.91. The average Bonchev–Trinajstić information content (AvgIpc) is 2.58. The van der Waals surface area contributed by atoms with Crippen LogP contribution < -0.4 is 15.1 Å². The Labute approximate surface area is 141 Å². The van der Waals surface area contributed by atoms with Crippen LogP contribution in [0.4, 0.5) is 17.1 Å². The smallest absolute Gasteiger partial charge is 0.232 e. The van der Waals surface area contributed by atoms with Crippen molar-refractivity contribution >= 4 is 28.9 Å². The van der Waals surface area contributed by atoms with Gasteiger partial charge in [-0.2, -0.15) is 0 Å². The van der Waals surface area contributed by atoms with Crippen molar-refractivity contribution in [2.45, 2.75) is 12.3 Å². The number of rotatable bonds is 3. The highest BCUT2D eigenvalue weighted by Crippen LogP contribution is 2.35. The van der Waals surface area contributed by atoms with Gasteiger partial charge in [0.05, 0.1) is 5.92 Å². The van der Waals surface area contributed by atoms with Gasteiger partial charge in [0.15, 0.2) is 0 Å². The van der Waals surface area contributed by atoms with E-state index in [0.29, 0.717) is 0 Å². The summed E-state index contributed by atoms with van der Waals surface area (Å²) in [6.07, 6.45) is 0.190. The van der Waals surface area contributed by atoms with Crippen LogP contribution in [0, 0.1) is 0 Å². The molecular weight excluding hydrogens is 302 g/mol. The second kappa shape index (κ2) is 6.35. The molecule has 5 nitrogen and oxygen atoms in total. The summed E-state index contributed by atoms with van der Waals surface area (Å²) in [5.41, 5.74) is 3.49. The van der Waals surface area contributed by atoms with Crippen molar-refractivity contribution in [2.24, 2.45) is 0 Å². The Kier molecular flexibility index (Phi) is 4.25. The SMILES string of the molecule is CN(C)c1ccc(NC(=O)C2CC(=O)N(C)c3ccccc32)cc1. The van der Waals surface area contributed by atoms with Crippen LogP contribution >= 0.6 is 0 Å². The molecule has 124 valence electrons. The minimum atomic E-state index is -0.460. The Morgan fingerprint density at radius 2 is 1.79 bits per heavy atom. The monoisotopic (exact) mass is 323 g/mol. The largest absolute Gasteiger partial charge is 0.378 e. The van der Waals surface area contributed by atoms with Crippen LogP contribution in [-0.2, 0) is 9.59 Å². The number of benzene rings is 2. The van der Waals surface area contributed by atoms with E-state index in [-0.39, 0.29) is 18.2 Å². The molecule has 1 unspecified atom stereocenters. The predicted molar refractivity (Wildman–Crippen MR) is 96.6 cm³/mol. The molecule has 0 aromatic heterocycles. The highest BCUT2D eigenvalue weighted by Gasteiger charge is 2.33. The van der Waals surface area contributed by atoms with Crippen molar-refractivity contribution in [3.8, 4) is 0 Å². The summed E-state index contributed by atoms with van der Waals surface area (Å²) in [5.74, 6) is -0.656. The van der Waals surface area contributed by atoms with Gasteiger partial charge in [-0.1, -0.05) is 18.2 Å². The third-order valence-electron chi connectivity index (χ3n) is 4.39. The van der Waals surface area contributed by atoms with Crippen LogP contribution in [0.5, 0.6) is 0 Å². The molecule has 1 aliphatic rings. The zero-order chi connectivity index (χ0) is 17.3. The Morgan fingerprint density at radius 1 is 1.12 bits per heavy atom. The number of fused-ring (bicyclic) bond motifs is 1. The molecule has 0 saturated heterocycles. The predicted octanol–water partition coefficient (Wildman–Crippen LogP) is 2.84. The minimum absolute atomic E-state index is 0.0446. The van der Waals surface area contributed by atoms with Crippen LogP contribution in [-0.4, -0.2) is 33.0 Å². The second-order valence-corrected chi connectivity index (χ2v) is 6.20. The maximum atomic E-state index is 12.7. The van der Waals surface area contributed by atoms with Crippen molar-refractivity contribution in [3.05, 3.63) is 54.1 Å². The first kappa shape index (κ1) is 16.1. The maximum Gasteiger partial charge on any atom is 0.232 e. The van der Waals surface area contributed by atoms with Gasteiger partial charge < -0.3 is 15.1 Å². The minimum Gasteiger partial charge on any atom is -0.378 e. The molecule has 24 heavy (non-hydrogen) atoms. The first-order chi connectivity index (χ1) is 11.5. The van der Waals surface area contributed by atoms with E-state index >= 15 is 0 Å². The third kappa shape index (κ3) is 2.97. The second-order valence-electron chi connectivity index (χ2n) is 6.20. The number of carbonyl (C=O) groups excluding carboxylic acids is 2. The van der Waals surface area contributed by atoms with E-state index in [1.54, 1.807) is 11.9 Å². The first-order valence-corrected chi connectivity index (χ1v) is 7.91. The Bertz CT molecular complexity index is 768. The summed E-state index contributed by atoms with van der Waals surface area (Å²) in [6.45, 7) is 0. The van der Waals surface area contributed by atoms with Crippen LogP contribution in [0.15, 0.2) is 48.5 Å². The van der Waals surface area contributed by atoms with Crippen LogP contribution in [0.1, 0.15) is 17.9 Å². The molecule has 5 heteroatoms. The molecule has 2 amide bonds. The number of anilines is 3. The quantitative estimate of drug-likeness (QED) is 0.945. The lowest BCUT2D eigenvalue weighted by Gasteiger charge is -2.30. The molecule has 1 heterocycles. The Morgan fingerprint density at radius 3 is 2.46 bits per heavy atom. The average molecular weight is 323 g/mol. The van der Waals surface area contributed by atoms with Crippen LogP contribution in [0.25, 0.3) is 0 Å². The van der Waals surface area contributed by atoms with Gasteiger partial charge in [0.25, 0.3) is 0 Å². The standard InChI is InChI=1S/C19H21N3O2/c1-21(2)14-10-8-13(9-11-14)20-19(24)16-12-18(23)22(3)17-7-5-4-6-15(16)17/h4-11,16H,12H2,1-3H3,(H,20,24). The highest BCUT2D eigenvalue weighted by atomic mass is 16.2. The van der Waals surface area contributed by atoms with Crippen molar-refractivity contribution in [2.75, 3.05) is 36.3 Å². The number of carbonyl (C=O) groups is 2. The zero-order valence-corrected chi connectivity index (χ0v) is 14.1. The Balaban J connectivity index is 1.82. The highest BCUT2D eigenvalue weighted by molar-refractivity contribution is 6.05. The van der Waals surface area contributed by atoms with Gasteiger partial charge in [0.2, 0.25) is 11.8 Å². The summed E-state index contributed by atoms with van der Waals surface area (Å²) in [4.78, 5) is 28.5. The lowest BCUT2D eigenvalue weighted by molar-refractivity contribution is -0.124. The van der Waals surface area contributed by atoms with E-state index in [2.05, 4.69) is 5.32 Å². The normalized spacial score (nSPS) is 16.5. The van der Waals surface area contributed by atoms with Gasteiger partial charge in [0, 0.05) is 44.6 Å². The number of amides is 2.